The average molecular weight is 354 g/mol. The van der Waals surface area contributed by atoms with Gasteiger partial charge in [0, 0.05) is 17.5 Å². The molecule has 2 atom stereocenters. The zero-order chi connectivity index (χ0) is 13.7. The van der Waals surface area contributed by atoms with Gasteiger partial charge in [0.1, 0.15) is 5.01 Å². The first-order chi connectivity index (χ1) is 9.19. The lowest BCUT2D eigenvalue weighted by atomic mass is 10.0. The van der Waals surface area contributed by atoms with Crippen LogP contribution in [0.1, 0.15) is 49.4 Å². The van der Waals surface area contributed by atoms with E-state index >= 15 is 0 Å². The highest BCUT2D eigenvalue weighted by Gasteiger charge is 2.18. The number of amides is 1. The summed E-state index contributed by atoms with van der Waals surface area (Å²) in [5.74, 6) is 0.833. The highest BCUT2D eigenvalue weighted by molar-refractivity contribution is 7.09. The lowest BCUT2D eigenvalue weighted by molar-refractivity contribution is -0.122. The largest absolute Gasteiger partial charge is 0.347 e. The molecule has 1 aromatic rings. The van der Waals surface area contributed by atoms with Gasteiger partial charge < -0.3 is 10.6 Å². The summed E-state index contributed by atoms with van der Waals surface area (Å²) in [5.41, 5.74) is 1.03. The molecule has 0 bridgehead atoms. The number of hydrogen-bond acceptors (Lipinski definition) is 4. The Bertz CT molecular complexity index is 422. The van der Waals surface area contributed by atoms with Crippen molar-refractivity contribution in [2.75, 3.05) is 13.1 Å². The Hall–Kier alpha value is -0.360. The molecule has 2 heterocycles. The van der Waals surface area contributed by atoms with Crippen LogP contribution in [0.2, 0.25) is 0 Å². The molecule has 21 heavy (non-hydrogen) atoms. The van der Waals surface area contributed by atoms with E-state index in [1.165, 1.54) is 6.42 Å². The Kier molecular flexibility index (Phi) is 10.2. The molecule has 0 radical (unpaired) electrons. The molecule has 0 spiro atoms. The number of carbonyl (C=O) groups excluding carboxylic acids is 1. The lowest BCUT2D eigenvalue weighted by Crippen LogP contribution is -2.28. The van der Waals surface area contributed by atoms with E-state index in [1.807, 2.05) is 12.3 Å². The molecular formula is C14H25Cl2N3OS. The van der Waals surface area contributed by atoms with Crippen LogP contribution in [0.15, 0.2) is 5.38 Å². The van der Waals surface area contributed by atoms with Crippen LogP contribution in [-0.4, -0.2) is 24.0 Å². The number of rotatable bonds is 6. The molecule has 4 nitrogen and oxygen atoms in total. The van der Waals surface area contributed by atoms with Gasteiger partial charge in [-0.2, -0.15) is 0 Å². The maximum Gasteiger partial charge on any atom is 0.220 e. The van der Waals surface area contributed by atoms with Gasteiger partial charge in [0.05, 0.1) is 6.04 Å². The summed E-state index contributed by atoms with van der Waals surface area (Å²) in [7, 11) is 0. The van der Waals surface area contributed by atoms with Crippen molar-refractivity contribution in [1.82, 2.24) is 15.6 Å². The van der Waals surface area contributed by atoms with Gasteiger partial charge in [-0.05, 0) is 45.2 Å². The lowest BCUT2D eigenvalue weighted by Gasteiger charge is -2.15. The van der Waals surface area contributed by atoms with Crippen LogP contribution in [-0.2, 0) is 4.79 Å². The van der Waals surface area contributed by atoms with Crippen molar-refractivity contribution in [3.63, 3.8) is 0 Å². The fourth-order valence-corrected chi connectivity index (χ4v) is 3.36. The van der Waals surface area contributed by atoms with Crippen molar-refractivity contribution < 1.29 is 4.79 Å². The minimum Gasteiger partial charge on any atom is -0.347 e. The second-order valence-electron chi connectivity index (χ2n) is 5.25. The van der Waals surface area contributed by atoms with E-state index in [1.54, 1.807) is 11.3 Å². The van der Waals surface area contributed by atoms with Crippen molar-refractivity contribution in [1.29, 1.82) is 0 Å². The molecule has 0 aliphatic carbocycles. The van der Waals surface area contributed by atoms with Crippen LogP contribution in [0.5, 0.6) is 0 Å². The second kappa shape index (κ2) is 10.4. The molecule has 0 saturated carbocycles. The molecule has 2 unspecified atom stereocenters. The summed E-state index contributed by atoms with van der Waals surface area (Å²) in [6, 6.07) is 0.0768. The third-order valence-electron chi connectivity index (χ3n) is 3.62. The molecule has 7 heteroatoms. The van der Waals surface area contributed by atoms with Gasteiger partial charge in [0.2, 0.25) is 5.91 Å². The zero-order valence-corrected chi connectivity index (χ0v) is 15.0. The van der Waals surface area contributed by atoms with Crippen LogP contribution in [0.3, 0.4) is 0 Å². The quantitative estimate of drug-likeness (QED) is 0.825. The number of nitrogens with one attached hydrogen (secondary N) is 2. The smallest absolute Gasteiger partial charge is 0.220 e. The second-order valence-corrected chi connectivity index (χ2v) is 6.14. The van der Waals surface area contributed by atoms with Crippen LogP contribution in [0.25, 0.3) is 0 Å². The van der Waals surface area contributed by atoms with Crippen molar-refractivity contribution in [2.24, 2.45) is 5.92 Å². The number of carbonyl (C=O) groups is 1. The molecule has 1 aromatic heterocycles. The highest BCUT2D eigenvalue weighted by Crippen LogP contribution is 2.21. The molecule has 1 amide bonds. The van der Waals surface area contributed by atoms with E-state index in [0.717, 1.165) is 36.6 Å². The average Bonchev–Trinajstić information content (AvgIpc) is 3.04. The van der Waals surface area contributed by atoms with E-state index in [0.29, 0.717) is 12.3 Å². The molecular weight excluding hydrogens is 329 g/mol. The minimum atomic E-state index is 0. The molecule has 0 aromatic carbocycles. The zero-order valence-electron chi connectivity index (χ0n) is 12.6. The van der Waals surface area contributed by atoms with Gasteiger partial charge in [0.15, 0.2) is 0 Å². The van der Waals surface area contributed by atoms with Gasteiger partial charge in [-0.1, -0.05) is 6.92 Å². The van der Waals surface area contributed by atoms with Gasteiger partial charge in [-0.15, -0.1) is 36.2 Å². The maximum absolute atomic E-state index is 12.0. The first-order valence-corrected chi connectivity index (χ1v) is 7.99. The summed E-state index contributed by atoms with van der Waals surface area (Å²) in [6.07, 6.45) is 3.72. The summed E-state index contributed by atoms with van der Waals surface area (Å²) in [6.45, 7) is 6.24. The van der Waals surface area contributed by atoms with Crippen LogP contribution in [0.4, 0.5) is 0 Å². The van der Waals surface area contributed by atoms with Gasteiger partial charge in [-0.25, -0.2) is 4.98 Å². The third kappa shape index (κ3) is 6.51. The molecule has 1 aliphatic rings. The van der Waals surface area contributed by atoms with E-state index in [9.17, 15) is 4.79 Å². The summed E-state index contributed by atoms with van der Waals surface area (Å²) in [4.78, 5) is 16.5. The third-order valence-corrected chi connectivity index (χ3v) is 4.70. The summed E-state index contributed by atoms with van der Waals surface area (Å²) < 4.78 is 0. The highest BCUT2D eigenvalue weighted by atomic mass is 35.5. The summed E-state index contributed by atoms with van der Waals surface area (Å²) in [5, 5.41) is 9.51. The number of halogens is 2. The maximum atomic E-state index is 12.0. The predicted molar refractivity (Wildman–Crippen MR) is 92.7 cm³/mol. The van der Waals surface area contributed by atoms with Crippen molar-refractivity contribution in [2.45, 2.75) is 45.6 Å². The Morgan fingerprint density at radius 2 is 2.33 bits per heavy atom. The molecule has 122 valence electrons. The fourth-order valence-electron chi connectivity index (χ4n) is 2.43. The number of aromatic nitrogens is 1. The van der Waals surface area contributed by atoms with Crippen LogP contribution >= 0.6 is 36.2 Å². The van der Waals surface area contributed by atoms with Crippen LogP contribution < -0.4 is 10.6 Å². The molecule has 1 saturated heterocycles. The Balaban J connectivity index is 0.00000200. The number of hydrogen-bond donors (Lipinski definition) is 2. The Morgan fingerprint density at radius 1 is 1.57 bits per heavy atom. The van der Waals surface area contributed by atoms with Gasteiger partial charge >= 0.3 is 0 Å². The standard InChI is InChI=1S/C14H23N3OS.2ClH/c1-3-12(14-16-10(2)9-19-14)17-13(18)5-4-11-6-7-15-8-11;;/h9,11-12,15H,3-8H2,1-2H3,(H,17,18);2*1H. The SMILES string of the molecule is CCC(NC(=O)CCC1CCNC1)c1nc(C)cs1.Cl.Cl. The van der Waals surface area contributed by atoms with E-state index in [-0.39, 0.29) is 36.8 Å². The van der Waals surface area contributed by atoms with Crippen molar-refractivity contribution in [3.05, 3.63) is 16.1 Å². The van der Waals surface area contributed by atoms with Crippen molar-refractivity contribution >= 4 is 42.1 Å². The minimum absolute atomic E-state index is 0. The topological polar surface area (TPSA) is 54.0 Å². The number of aryl methyl sites for hydroxylation is 1. The first kappa shape index (κ1) is 20.6. The fraction of sp³-hybridized carbons (Fsp3) is 0.714. The molecule has 2 N–H and O–H groups in total. The van der Waals surface area contributed by atoms with E-state index in [2.05, 4.69) is 22.5 Å². The van der Waals surface area contributed by atoms with Gasteiger partial charge in [-0.3, -0.25) is 4.79 Å². The Morgan fingerprint density at radius 3 is 2.86 bits per heavy atom. The normalized spacial score (nSPS) is 18.5. The monoisotopic (exact) mass is 353 g/mol. The first-order valence-electron chi connectivity index (χ1n) is 7.11. The van der Waals surface area contributed by atoms with E-state index in [4.69, 9.17) is 0 Å². The summed E-state index contributed by atoms with van der Waals surface area (Å²) >= 11 is 1.63. The number of thiazole rings is 1. The predicted octanol–water partition coefficient (Wildman–Crippen LogP) is 3.25. The van der Waals surface area contributed by atoms with Crippen LogP contribution in [0, 0.1) is 12.8 Å². The van der Waals surface area contributed by atoms with Crippen molar-refractivity contribution in [3.8, 4) is 0 Å². The number of nitrogens with zero attached hydrogens (tertiary/aromatic N) is 1. The van der Waals surface area contributed by atoms with E-state index < -0.39 is 0 Å². The Labute approximate surface area is 143 Å². The molecule has 1 aliphatic heterocycles. The molecule has 2 rings (SSSR count). The molecule has 1 fully saturated rings. The van der Waals surface area contributed by atoms with Gasteiger partial charge in [0.25, 0.3) is 0 Å².